The molecule has 1 saturated heterocycles. The van der Waals surface area contributed by atoms with Crippen LogP contribution in [0.15, 0.2) is 71.2 Å². The van der Waals surface area contributed by atoms with Crippen LogP contribution >= 0.6 is 15.9 Å². The molecule has 132 valence electrons. The first-order valence-electron chi connectivity index (χ1n) is 8.16. The number of Topliss-reactive ketones (excluding diaryl/α,β-unsaturated/α-hetero) is 1. The summed E-state index contributed by atoms with van der Waals surface area (Å²) in [7, 11) is 0. The summed E-state index contributed by atoms with van der Waals surface area (Å²) in [5, 5.41) is 10.8. The number of nitrogens with zero attached hydrogens (tertiary/aromatic N) is 1. The highest BCUT2D eigenvalue weighted by Crippen LogP contribution is 2.39. The van der Waals surface area contributed by atoms with Gasteiger partial charge in [-0.2, -0.15) is 0 Å². The van der Waals surface area contributed by atoms with Crippen molar-refractivity contribution in [3.63, 3.8) is 0 Å². The summed E-state index contributed by atoms with van der Waals surface area (Å²) in [6.45, 7) is 5.83. The zero-order valence-corrected chi connectivity index (χ0v) is 15.9. The number of aliphatic hydroxyl groups excluding tert-OH is 1. The Hall–Kier alpha value is -2.66. The van der Waals surface area contributed by atoms with Gasteiger partial charge in [-0.25, -0.2) is 0 Å². The van der Waals surface area contributed by atoms with Crippen LogP contribution in [0.4, 0.5) is 0 Å². The SMILES string of the molecule is C=CCN1C(=O)C(=O)/C(=C(/O)c2ccc(C)cc2)C1c1ccc(Br)cc1. The lowest BCUT2D eigenvalue weighted by molar-refractivity contribution is -0.139. The molecule has 1 fully saturated rings. The highest BCUT2D eigenvalue weighted by Gasteiger charge is 2.45. The van der Waals surface area contributed by atoms with E-state index in [1.54, 1.807) is 18.2 Å². The molecular formula is C21H18BrNO3. The van der Waals surface area contributed by atoms with Gasteiger partial charge in [-0.3, -0.25) is 9.59 Å². The maximum atomic E-state index is 12.7. The third-order valence-electron chi connectivity index (χ3n) is 4.38. The lowest BCUT2D eigenvalue weighted by Gasteiger charge is -2.24. The Labute approximate surface area is 160 Å². The van der Waals surface area contributed by atoms with Gasteiger partial charge in [-0.05, 0) is 24.6 Å². The minimum Gasteiger partial charge on any atom is -0.507 e. The Balaban J connectivity index is 2.18. The zero-order chi connectivity index (χ0) is 18.8. The molecule has 2 aromatic carbocycles. The Morgan fingerprint density at radius 2 is 1.77 bits per heavy atom. The average Bonchev–Trinajstić information content (AvgIpc) is 2.88. The monoisotopic (exact) mass is 411 g/mol. The molecule has 0 aliphatic carbocycles. The molecule has 2 aromatic rings. The van der Waals surface area contributed by atoms with Crippen LogP contribution in [-0.4, -0.2) is 28.2 Å². The summed E-state index contributed by atoms with van der Waals surface area (Å²) in [4.78, 5) is 26.6. The van der Waals surface area contributed by atoms with E-state index in [-0.39, 0.29) is 17.9 Å². The number of hydrogen-bond donors (Lipinski definition) is 1. The molecule has 26 heavy (non-hydrogen) atoms. The topological polar surface area (TPSA) is 57.6 Å². The van der Waals surface area contributed by atoms with Crippen LogP contribution in [0.25, 0.3) is 5.76 Å². The largest absolute Gasteiger partial charge is 0.507 e. The fourth-order valence-electron chi connectivity index (χ4n) is 3.07. The van der Waals surface area contributed by atoms with E-state index in [4.69, 9.17) is 0 Å². The Morgan fingerprint density at radius 3 is 2.35 bits per heavy atom. The van der Waals surface area contributed by atoms with Crippen LogP contribution in [0.3, 0.4) is 0 Å². The third kappa shape index (κ3) is 3.22. The summed E-state index contributed by atoms with van der Waals surface area (Å²) in [5.74, 6) is -1.48. The van der Waals surface area contributed by atoms with Crippen molar-refractivity contribution in [2.75, 3.05) is 6.54 Å². The van der Waals surface area contributed by atoms with E-state index in [1.807, 2.05) is 43.3 Å². The fourth-order valence-corrected chi connectivity index (χ4v) is 3.33. The molecular weight excluding hydrogens is 394 g/mol. The van der Waals surface area contributed by atoms with Gasteiger partial charge in [0.1, 0.15) is 5.76 Å². The predicted molar refractivity (Wildman–Crippen MR) is 105 cm³/mol. The number of halogens is 1. The maximum absolute atomic E-state index is 12.7. The first-order chi connectivity index (χ1) is 12.4. The molecule has 1 aliphatic heterocycles. The van der Waals surface area contributed by atoms with Gasteiger partial charge in [0.15, 0.2) is 0 Å². The van der Waals surface area contributed by atoms with Crippen molar-refractivity contribution in [1.29, 1.82) is 0 Å². The van der Waals surface area contributed by atoms with Crippen molar-refractivity contribution in [2.45, 2.75) is 13.0 Å². The van der Waals surface area contributed by atoms with Crippen molar-refractivity contribution in [3.05, 3.63) is 87.9 Å². The number of likely N-dealkylation sites (tertiary alicyclic amines) is 1. The quantitative estimate of drug-likeness (QED) is 0.351. The van der Waals surface area contributed by atoms with Gasteiger partial charge in [0, 0.05) is 16.6 Å². The molecule has 1 amide bonds. The van der Waals surface area contributed by atoms with Crippen molar-refractivity contribution in [1.82, 2.24) is 4.90 Å². The van der Waals surface area contributed by atoms with Crippen molar-refractivity contribution < 1.29 is 14.7 Å². The number of hydrogen-bond acceptors (Lipinski definition) is 3. The van der Waals surface area contributed by atoms with E-state index in [0.717, 1.165) is 15.6 Å². The van der Waals surface area contributed by atoms with E-state index in [0.29, 0.717) is 5.56 Å². The number of benzene rings is 2. The summed E-state index contributed by atoms with van der Waals surface area (Å²) < 4.78 is 0.889. The Kier molecular flexibility index (Phi) is 5.09. The molecule has 1 aliphatic rings. The first-order valence-corrected chi connectivity index (χ1v) is 8.95. The van der Waals surface area contributed by atoms with Crippen LogP contribution in [0, 0.1) is 6.92 Å². The normalized spacial score (nSPS) is 19.0. The molecule has 0 bridgehead atoms. The average molecular weight is 412 g/mol. The van der Waals surface area contributed by atoms with Gasteiger partial charge in [0.2, 0.25) is 0 Å². The van der Waals surface area contributed by atoms with Gasteiger partial charge in [0.05, 0.1) is 11.6 Å². The summed E-state index contributed by atoms with van der Waals surface area (Å²) in [6.07, 6.45) is 1.57. The van der Waals surface area contributed by atoms with Gasteiger partial charge in [-0.15, -0.1) is 6.58 Å². The number of rotatable bonds is 4. The summed E-state index contributed by atoms with van der Waals surface area (Å²) in [6, 6.07) is 13.9. The lowest BCUT2D eigenvalue weighted by Crippen LogP contribution is -2.29. The molecule has 4 nitrogen and oxygen atoms in total. The molecule has 3 rings (SSSR count). The standard InChI is InChI=1S/C21H18BrNO3/c1-3-12-23-18(14-8-10-16(22)11-9-14)17(20(25)21(23)26)19(24)15-6-4-13(2)5-7-15/h3-11,18,24H,1,12H2,2H3/b19-17+. The van der Waals surface area contributed by atoms with Crippen LogP contribution in [0.5, 0.6) is 0 Å². The molecule has 5 heteroatoms. The van der Waals surface area contributed by atoms with Crippen LogP contribution in [0.2, 0.25) is 0 Å². The molecule has 0 radical (unpaired) electrons. The van der Waals surface area contributed by atoms with E-state index < -0.39 is 17.7 Å². The van der Waals surface area contributed by atoms with Gasteiger partial charge in [0.25, 0.3) is 11.7 Å². The predicted octanol–water partition coefficient (Wildman–Crippen LogP) is 4.37. The van der Waals surface area contributed by atoms with Crippen molar-refractivity contribution >= 4 is 33.4 Å². The number of carbonyl (C=O) groups is 2. The highest BCUT2D eigenvalue weighted by atomic mass is 79.9. The minimum absolute atomic E-state index is 0.100. The van der Waals surface area contributed by atoms with E-state index in [9.17, 15) is 14.7 Å². The Bertz CT molecular complexity index is 898. The zero-order valence-electron chi connectivity index (χ0n) is 14.3. The number of amides is 1. The number of aliphatic hydroxyl groups is 1. The molecule has 1 atom stereocenters. The number of carbonyl (C=O) groups excluding carboxylic acids is 2. The molecule has 1 N–H and O–H groups in total. The summed E-state index contributed by atoms with van der Waals surface area (Å²) >= 11 is 3.39. The summed E-state index contributed by atoms with van der Waals surface area (Å²) in [5.41, 5.74) is 2.40. The third-order valence-corrected chi connectivity index (χ3v) is 4.91. The number of aryl methyl sites for hydroxylation is 1. The van der Waals surface area contributed by atoms with E-state index >= 15 is 0 Å². The second kappa shape index (κ2) is 7.30. The van der Waals surface area contributed by atoms with Crippen LogP contribution in [0.1, 0.15) is 22.7 Å². The van der Waals surface area contributed by atoms with E-state index in [2.05, 4.69) is 22.5 Å². The van der Waals surface area contributed by atoms with Gasteiger partial charge < -0.3 is 10.0 Å². The second-order valence-corrected chi connectivity index (χ2v) is 7.07. The number of ketones is 1. The highest BCUT2D eigenvalue weighted by molar-refractivity contribution is 9.10. The van der Waals surface area contributed by atoms with Gasteiger partial charge >= 0.3 is 0 Å². The molecule has 1 heterocycles. The minimum atomic E-state index is -0.683. The molecule has 0 spiro atoms. The lowest BCUT2D eigenvalue weighted by atomic mass is 9.95. The van der Waals surface area contributed by atoms with Gasteiger partial charge in [-0.1, -0.05) is 64.0 Å². The van der Waals surface area contributed by atoms with Crippen LogP contribution in [-0.2, 0) is 9.59 Å². The molecule has 0 aromatic heterocycles. The van der Waals surface area contributed by atoms with Crippen LogP contribution < -0.4 is 0 Å². The van der Waals surface area contributed by atoms with Crippen molar-refractivity contribution in [2.24, 2.45) is 0 Å². The first kappa shape index (κ1) is 18.1. The van der Waals surface area contributed by atoms with Crippen molar-refractivity contribution in [3.8, 4) is 0 Å². The van der Waals surface area contributed by atoms with E-state index in [1.165, 1.54) is 4.90 Å². The smallest absolute Gasteiger partial charge is 0.295 e. The fraction of sp³-hybridized carbons (Fsp3) is 0.143. The maximum Gasteiger partial charge on any atom is 0.295 e. The second-order valence-electron chi connectivity index (χ2n) is 6.16. The Morgan fingerprint density at radius 1 is 1.15 bits per heavy atom. The molecule has 1 unspecified atom stereocenters. The molecule has 0 saturated carbocycles.